The zero-order valence-electron chi connectivity index (χ0n) is 12.4. The Morgan fingerprint density at radius 3 is 2.08 bits per heavy atom. The standard InChI is InChI=1S/C16H13F3N2O3/c1-10(11-4-8-14(9-5-11)24-16(17,18)19)20-21-13-6-2-12(3-7-13)15(22)23/h2-9,21H,1H3,(H,22,23)/p-1/b20-10+. The van der Waals surface area contributed by atoms with Crippen molar-refractivity contribution in [2.24, 2.45) is 5.10 Å². The molecule has 2 aromatic carbocycles. The molecule has 1 N–H and O–H groups in total. The van der Waals surface area contributed by atoms with Gasteiger partial charge < -0.3 is 14.6 Å². The fraction of sp³-hybridized carbons (Fsp3) is 0.125. The zero-order valence-corrected chi connectivity index (χ0v) is 12.4. The number of carboxylic acid groups (broad SMARTS) is 1. The second kappa shape index (κ2) is 7.03. The van der Waals surface area contributed by atoms with Gasteiger partial charge in [-0.05, 0) is 54.4 Å². The van der Waals surface area contributed by atoms with Crippen molar-refractivity contribution >= 4 is 17.4 Å². The van der Waals surface area contributed by atoms with Gasteiger partial charge in [-0.1, -0.05) is 12.1 Å². The highest BCUT2D eigenvalue weighted by molar-refractivity contribution is 5.99. The third kappa shape index (κ3) is 5.01. The number of carboxylic acids is 1. The number of anilines is 1. The molecule has 0 unspecified atom stereocenters. The van der Waals surface area contributed by atoms with E-state index in [0.717, 1.165) is 0 Å². The Kier molecular flexibility index (Phi) is 5.08. The van der Waals surface area contributed by atoms with Gasteiger partial charge in [0.1, 0.15) is 5.75 Å². The van der Waals surface area contributed by atoms with E-state index in [-0.39, 0.29) is 11.3 Å². The number of nitrogens with zero attached hydrogens (tertiary/aromatic N) is 1. The monoisotopic (exact) mass is 337 g/mol. The molecule has 0 bridgehead atoms. The van der Waals surface area contributed by atoms with E-state index in [4.69, 9.17) is 0 Å². The van der Waals surface area contributed by atoms with Crippen LogP contribution >= 0.6 is 0 Å². The summed E-state index contributed by atoms with van der Waals surface area (Å²) < 4.78 is 40.1. The number of hydrazone groups is 1. The summed E-state index contributed by atoms with van der Waals surface area (Å²) in [6.07, 6.45) is -4.73. The zero-order chi connectivity index (χ0) is 17.7. The lowest BCUT2D eigenvalue weighted by Gasteiger charge is -2.09. The number of nitrogens with one attached hydrogen (secondary N) is 1. The molecule has 8 heteroatoms. The van der Waals surface area contributed by atoms with Crippen LogP contribution in [0.4, 0.5) is 18.9 Å². The van der Waals surface area contributed by atoms with Crippen LogP contribution in [0.2, 0.25) is 0 Å². The first-order valence-corrected chi connectivity index (χ1v) is 6.72. The van der Waals surface area contributed by atoms with Crippen LogP contribution in [0.25, 0.3) is 0 Å². The van der Waals surface area contributed by atoms with Gasteiger partial charge >= 0.3 is 6.36 Å². The Balaban J connectivity index is 2.03. The minimum atomic E-state index is -4.73. The van der Waals surface area contributed by atoms with Crippen LogP contribution in [0, 0.1) is 0 Å². The van der Waals surface area contributed by atoms with E-state index >= 15 is 0 Å². The number of alkyl halides is 3. The van der Waals surface area contributed by atoms with E-state index in [1.54, 1.807) is 6.92 Å². The van der Waals surface area contributed by atoms with Crippen molar-refractivity contribution in [3.8, 4) is 5.75 Å². The number of carbonyl (C=O) groups excluding carboxylic acids is 1. The third-order valence-electron chi connectivity index (χ3n) is 2.98. The summed E-state index contributed by atoms with van der Waals surface area (Å²) in [5, 5.41) is 14.7. The highest BCUT2D eigenvalue weighted by Gasteiger charge is 2.30. The SMILES string of the molecule is C/C(=N\Nc1ccc(C(=O)[O-])cc1)c1ccc(OC(F)(F)F)cc1. The molecule has 0 aromatic heterocycles. The van der Waals surface area contributed by atoms with Gasteiger partial charge in [0.15, 0.2) is 0 Å². The summed E-state index contributed by atoms with van der Waals surface area (Å²) in [4.78, 5) is 10.6. The Morgan fingerprint density at radius 2 is 1.58 bits per heavy atom. The average molecular weight is 337 g/mol. The summed E-state index contributed by atoms with van der Waals surface area (Å²) in [6, 6.07) is 11.0. The lowest BCUT2D eigenvalue weighted by atomic mass is 10.1. The quantitative estimate of drug-likeness (QED) is 0.672. The Hall–Kier alpha value is -3.03. The lowest BCUT2D eigenvalue weighted by Crippen LogP contribution is -2.21. The van der Waals surface area contributed by atoms with E-state index in [0.29, 0.717) is 17.0 Å². The second-order valence-corrected chi connectivity index (χ2v) is 4.75. The highest BCUT2D eigenvalue weighted by Crippen LogP contribution is 2.23. The fourth-order valence-corrected chi connectivity index (χ4v) is 1.79. The molecular weight excluding hydrogens is 325 g/mol. The topological polar surface area (TPSA) is 73.8 Å². The first-order valence-electron chi connectivity index (χ1n) is 6.72. The van der Waals surface area contributed by atoms with E-state index in [1.807, 2.05) is 0 Å². The fourth-order valence-electron chi connectivity index (χ4n) is 1.79. The molecule has 0 atom stereocenters. The number of benzene rings is 2. The maximum atomic E-state index is 12.1. The van der Waals surface area contributed by atoms with Gasteiger partial charge in [0.2, 0.25) is 0 Å². The van der Waals surface area contributed by atoms with Gasteiger partial charge in [0.25, 0.3) is 0 Å². The van der Waals surface area contributed by atoms with Crippen LogP contribution in [0.1, 0.15) is 22.8 Å². The molecule has 0 aliphatic rings. The van der Waals surface area contributed by atoms with Gasteiger partial charge in [-0.25, -0.2) is 0 Å². The average Bonchev–Trinajstić information content (AvgIpc) is 2.52. The van der Waals surface area contributed by atoms with Crippen LogP contribution < -0.4 is 15.3 Å². The molecule has 5 nitrogen and oxygen atoms in total. The summed E-state index contributed by atoms with van der Waals surface area (Å²) in [6.45, 7) is 1.67. The smallest absolute Gasteiger partial charge is 0.545 e. The number of aromatic carboxylic acids is 1. The number of hydrogen-bond donors (Lipinski definition) is 1. The molecule has 0 radical (unpaired) electrons. The minimum absolute atomic E-state index is 0.0431. The maximum absolute atomic E-state index is 12.1. The highest BCUT2D eigenvalue weighted by atomic mass is 19.4. The Morgan fingerprint density at radius 1 is 1.04 bits per heavy atom. The molecule has 0 saturated carbocycles. The number of hydrogen-bond acceptors (Lipinski definition) is 5. The number of ether oxygens (including phenoxy) is 1. The van der Waals surface area contributed by atoms with Crippen LogP contribution in [0.3, 0.4) is 0 Å². The van der Waals surface area contributed by atoms with Crippen molar-refractivity contribution in [1.29, 1.82) is 0 Å². The molecule has 0 spiro atoms. The predicted molar refractivity (Wildman–Crippen MR) is 79.7 cm³/mol. The lowest BCUT2D eigenvalue weighted by molar-refractivity contribution is -0.274. The molecule has 126 valence electrons. The first kappa shape index (κ1) is 17.3. The molecule has 0 aliphatic carbocycles. The molecule has 0 aliphatic heterocycles. The Bertz CT molecular complexity index is 739. The third-order valence-corrected chi connectivity index (χ3v) is 2.98. The van der Waals surface area contributed by atoms with Crippen LogP contribution in [-0.4, -0.2) is 18.0 Å². The van der Waals surface area contributed by atoms with Crippen molar-refractivity contribution in [1.82, 2.24) is 0 Å². The van der Waals surface area contributed by atoms with E-state index in [9.17, 15) is 23.1 Å². The van der Waals surface area contributed by atoms with Crippen LogP contribution in [0.5, 0.6) is 5.75 Å². The number of rotatable bonds is 5. The molecule has 24 heavy (non-hydrogen) atoms. The van der Waals surface area contributed by atoms with Gasteiger partial charge in [-0.2, -0.15) is 5.10 Å². The summed E-state index contributed by atoms with van der Waals surface area (Å²) in [7, 11) is 0. The normalized spacial score (nSPS) is 11.9. The van der Waals surface area contributed by atoms with Gasteiger partial charge in [0.05, 0.1) is 17.4 Å². The van der Waals surface area contributed by atoms with E-state index < -0.39 is 12.3 Å². The molecule has 0 saturated heterocycles. The van der Waals surface area contributed by atoms with Crippen molar-refractivity contribution < 1.29 is 27.8 Å². The van der Waals surface area contributed by atoms with E-state index in [1.165, 1.54) is 48.5 Å². The minimum Gasteiger partial charge on any atom is -0.545 e. The largest absolute Gasteiger partial charge is 0.573 e. The van der Waals surface area contributed by atoms with Crippen LogP contribution in [-0.2, 0) is 0 Å². The van der Waals surface area contributed by atoms with Crippen LogP contribution in [0.15, 0.2) is 53.6 Å². The summed E-state index contributed by atoms with van der Waals surface area (Å²) in [5.74, 6) is -1.59. The molecule has 0 fully saturated rings. The predicted octanol–water partition coefficient (Wildman–Crippen LogP) is 2.78. The van der Waals surface area contributed by atoms with Gasteiger partial charge in [0, 0.05) is 0 Å². The molecule has 0 heterocycles. The van der Waals surface area contributed by atoms with Crippen molar-refractivity contribution in [3.63, 3.8) is 0 Å². The summed E-state index contributed by atoms with van der Waals surface area (Å²) >= 11 is 0. The van der Waals surface area contributed by atoms with E-state index in [2.05, 4.69) is 15.3 Å². The molecule has 2 rings (SSSR count). The molecule has 2 aromatic rings. The van der Waals surface area contributed by atoms with Crippen molar-refractivity contribution in [2.75, 3.05) is 5.43 Å². The van der Waals surface area contributed by atoms with Gasteiger partial charge in [-0.3, -0.25) is 5.43 Å². The van der Waals surface area contributed by atoms with Crippen molar-refractivity contribution in [2.45, 2.75) is 13.3 Å². The first-order chi connectivity index (χ1) is 11.2. The number of carbonyl (C=O) groups is 1. The molecular formula is C16H12F3N2O3-. The second-order valence-electron chi connectivity index (χ2n) is 4.75. The Labute approximate surface area is 135 Å². The molecule has 0 amide bonds. The summed E-state index contributed by atoms with van der Waals surface area (Å²) in [5.41, 5.74) is 4.45. The number of halogens is 3. The maximum Gasteiger partial charge on any atom is 0.573 e. The van der Waals surface area contributed by atoms with Gasteiger partial charge in [-0.15, -0.1) is 13.2 Å². The van der Waals surface area contributed by atoms with Crippen molar-refractivity contribution in [3.05, 3.63) is 59.7 Å².